The zero-order valence-corrected chi connectivity index (χ0v) is 13.8. The minimum atomic E-state index is -0.0809. The highest BCUT2D eigenvalue weighted by Gasteiger charge is 2.42. The summed E-state index contributed by atoms with van der Waals surface area (Å²) in [4.78, 5) is 12.9. The van der Waals surface area contributed by atoms with Crippen LogP contribution in [-0.4, -0.2) is 17.8 Å². The Morgan fingerprint density at radius 2 is 1.85 bits per heavy atom. The predicted molar refractivity (Wildman–Crippen MR) is 85.0 cm³/mol. The van der Waals surface area contributed by atoms with Gasteiger partial charge in [0.15, 0.2) is 0 Å². The van der Waals surface area contributed by atoms with Crippen molar-refractivity contribution >= 4 is 17.5 Å². The molecule has 2 fully saturated rings. The predicted octanol–water partition coefficient (Wildman–Crippen LogP) is 4.51. The molecule has 2 rings (SSSR count). The Kier molecular flexibility index (Phi) is 5.77. The van der Waals surface area contributed by atoms with Gasteiger partial charge in [0.2, 0.25) is 5.91 Å². The van der Waals surface area contributed by atoms with E-state index in [1.165, 1.54) is 32.1 Å². The maximum atomic E-state index is 12.9. The van der Waals surface area contributed by atoms with Crippen molar-refractivity contribution in [3.63, 3.8) is 0 Å². The molecule has 116 valence electrons. The largest absolute Gasteiger partial charge is 0.353 e. The second-order valence-corrected chi connectivity index (χ2v) is 7.67. The highest BCUT2D eigenvalue weighted by molar-refractivity contribution is 6.18. The molecule has 2 aliphatic rings. The molecule has 2 atom stereocenters. The van der Waals surface area contributed by atoms with Crippen molar-refractivity contribution in [1.29, 1.82) is 0 Å². The van der Waals surface area contributed by atoms with Gasteiger partial charge in [-0.2, -0.15) is 0 Å². The van der Waals surface area contributed by atoms with Crippen LogP contribution in [0.2, 0.25) is 0 Å². The van der Waals surface area contributed by atoms with E-state index in [9.17, 15) is 4.79 Å². The Labute approximate surface area is 129 Å². The summed E-state index contributed by atoms with van der Waals surface area (Å²) >= 11 is 6.09. The van der Waals surface area contributed by atoms with Gasteiger partial charge in [-0.05, 0) is 43.9 Å². The van der Waals surface area contributed by atoms with Gasteiger partial charge in [-0.1, -0.05) is 39.5 Å². The molecule has 0 aromatic rings. The van der Waals surface area contributed by atoms with Crippen molar-refractivity contribution in [2.45, 2.75) is 77.7 Å². The minimum Gasteiger partial charge on any atom is -0.353 e. The number of hydrogen-bond donors (Lipinski definition) is 1. The molecule has 0 bridgehead atoms. The average Bonchev–Trinajstić information content (AvgIpc) is 2.88. The molecule has 0 aliphatic heterocycles. The van der Waals surface area contributed by atoms with Gasteiger partial charge in [0.25, 0.3) is 0 Å². The molecule has 0 radical (unpaired) electrons. The quantitative estimate of drug-likeness (QED) is 0.744. The number of nitrogens with one attached hydrogen (secondary N) is 1. The van der Waals surface area contributed by atoms with Crippen molar-refractivity contribution < 1.29 is 4.79 Å². The van der Waals surface area contributed by atoms with Gasteiger partial charge in [0.1, 0.15) is 0 Å². The van der Waals surface area contributed by atoms with E-state index in [1.807, 2.05) is 0 Å². The molecule has 2 saturated carbocycles. The Hall–Kier alpha value is -0.240. The molecular formula is C17H30ClNO. The summed E-state index contributed by atoms with van der Waals surface area (Å²) in [5, 5.41) is 3.38. The molecule has 0 aromatic heterocycles. The monoisotopic (exact) mass is 299 g/mol. The van der Waals surface area contributed by atoms with Crippen LogP contribution in [0.3, 0.4) is 0 Å². The standard InChI is InChI=1S/C17H30ClNO/c1-13(2)11-17(9-5-6-10-17)16(20)19-15-8-4-3-7-14(15)12-18/h13-15H,3-12H2,1-2H3,(H,19,20). The maximum Gasteiger partial charge on any atom is 0.226 e. The van der Waals surface area contributed by atoms with E-state index < -0.39 is 0 Å². The average molecular weight is 300 g/mol. The molecule has 0 spiro atoms. The Morgan fingerprint density at radius 3 is 2.45 bits per heavy atom. The van der Waals surface area contributed by atoms with E-state index in [-0.39, 0.29) is 5.41 Å². The fourth-order valence-electron chi connectivity index (χ4n) is 4.26. The third-order valence-electron chi connectivity index (χ3n) is 5.27. The fraction of sp³-hybridized carbons (Fsp3) is 0.941. The van der Waals surface area contributed by atoms with E-state index in [2.05, 4.69) is 19.2 Å². The van der Waals surface area contributed by atoms with Gasteiger partial charge < -0.3 is 5.32 Å². The molecule has 2 nitrogen and oxygen atoms in total. The van der Waals surface area contributed by atoms with E-state index in [1.54, 1.807) is 0 Å². The first-order chi connectivity index (χ1) is 9.57. The molecule has 0 aromatic carbocycles. The van der Waals surface area contributed by atoms with E-state index >= 15 is 0 Å². The molecular weight excluding hydrogens is 270 g/mol. The van der Waals surface area contributed by atoms with Crippen LogP contribution in [0.15, 0.2) is 0 Å². The summed E-state index contributed by atoms with van der Waals surface area (Å²) in [7, 11) is 0. The zero-order valence-electron chi connectivity index (χ0n) is 13.1. The lowest BCUT2D eigenvalue weighted by atomic mass is 9.76. The van der Waals surface area contributed by atoms with Crippen molar-refractivity contribution in [2.24, 2.45) is 17.3 Å². The normalized spacial score (nSPS) is 29.6. The van der Waals surface area contributed by atoms with Crippen molar-refractivity contribution in [1.82, 2.24) is 5.32 Å². The number of alkyl halides is 1. The van der Waals surface area contributed by atoms with Crippen molar-refractivity contribution in [3.8, 4) is 0 Å². The second-order valence-electron chi connectivity index (χ2n) is 7.36. The molecule has 0 heterocycles. The zero-order chi connectivity index (χ0) is 14.6. The summed E-state index contributed by atoms with van der Waals surface area (Å²) in [5.41, 5.74) is -0.0809. The van der Waals surface area contributed by atoms with Crippen LogP contribution in [0.1, 0.15) is 71.6 Å². The third kappa shape index (κ3) is 3.69. The number of carbonyl (C=O) groups is 1. The van der Waals surface area contributed by atoms with Crippen LogP contribution in [-0.2, 0) is 4.79 Å². The Bertz CT molecular complexity index is 323. The number of carbonyl (C=O) groups excluding carboxylic acids is 1. The first-order valence-corrected chi connectivity index (χ1v) is 8.98. The van der Waals surface area contributed by atoms with Crippen LogP contribution in [0.5, 0.6) is 0 Å². The molecule has 20 heavy (non-hydrogen) atoms. The summed E-state index contributed by atoms with van der Waals surface area (Å²) in [6, 6.07) is 0.318. The van der Waals surface area contributed by atoms with Crippen LogP contribution >= 0.6 is 11.6 Å². The summed E-state index contributed by atoms with van der Waals surface area (Å²) < 4.78 is 0. The van der Waals surface area contributed by atoms with Gasteiger partial charge in [-0.15, -0.1) is 11.6 Å². The SMILES string of the molecule is CC(C)CC1(C(=O)NC2CCCCC2CCl)CCCC1. The fourth-order valence-corrected chi connectivity index (χ4v) is 4.63. The van der Waals surface area contributed by atoms with Crippen LogP contribution in [0, 0.1) is 17.3 Å². The number of rotatable bonds is 5. The minimum absolute atomic E-state index is 0.0809. The van der Waals surface area contributed by atoms with Gasteiger partial charge in [0.05, 0.1) is 0 Å². The smallest absolute Gasteiger partial charge is 0.226 e. The molecule has 2 aliphatic carbocycles. The summed E-state index contributed by atoms with van der Waals surface area (Å²) in [6.07, 6.45) is 10.4. The van der Waals surface area contributed by atoms with Crippen LogP contribution in [0.4, 0.5) is 0 Å². The molecule has 0 saturated heterocycles. The van der Waals surface area contributed by atoms with E-state index in [4.69, 9.17) is 11.6 Å². The summed E-state index contributed by atoms with van der Waals surface area (Å²) in [6.45, 7) is 4.46. The summed E-state index contributed by atoms with van der Waals surface area (Å²) in [5.74, 6) is 2.08. The molecule has 3 heteroatoms. The van der Waals surface area contributed by atoms with Gasteiger partial charge in [-0.3, -0.25) is 4.79 Å². The highest BCUT2D eigenvalue weighted by atomic mass is 35.5. The molecule has 1 N–H and O–H groups in total. The van der Waals surface area contributed by atoms with E-state index in [0.717, 1.165) is 25.7 Å². The molecule has 1 amide bonds. The van der Waals surface area contributed by atoms with Gasteiger partial charge in [0, 0.05) is 17.3 Å². The lowest BCUT2D eigenvalue weighted by Gasteiger charge is -2.36. The van der Waals surface area contributed by atoms with Gasteiger partial charge >= 0.3 is 0 Å². The highest BCUT2D eigenvalue weighted by Crippen LogP contribution is 2.43. The molecule has 2 unspecified atom stereocenters. The lowest BCUT2D eigenvalue weighted by molar-refractivity contribution is -0.133. The van der Waals surface area contributed by atoms with Gasteiger partial charge in [-0.25, -0.2) is 0 Å². The maximum absolute atomic E-state index is 12.9. The number of amides is 1. The first kappa shape index (κ1) is 16.1. The van der Waals surface area contributed by atoms with Crippen LogP contribution in [0.25, 0.3) is 0 Å². The first-order valence-electron chi connectivity index (χ1n) is 8.44. The lowest BCUT2D eigenvalue weighted by Crippen LogP contribution is -2.49. The Morgan fingerprint density at radius 1 is 1.20 bits per heavy atom. The number of halogens is 1. The van der Waals surface area contributed by atoms with Crippen LogP contribution < -0.4 is 5.32 Å². The van der Waals surface area contributed by atoms with Crippen molar-refractivity contribution in [3.05, 3.63) is 0 Å². The van der Waals surface area contributed by atoms with Crippen molar-refractivity contribution in [2.75, 3.05) is 5.88 Å². The van der Waals surface area contributed by atoms with E-state index in [0.29, 0.717) is 29.7 Å². The Balaban J connectivity index is 2.00. The second kappa shape index (κ2) is 7.15. The topological polar surface area (TPSA) is 29.1 Å². The third-order valence-corrected chi connectivity index (χ3v) is 5.66. The number of hydrogen-bond acceptors (Lipinski definition) is 1.